The predicted octanol–water partition coefficient (Wildman–Crippen LogP) is 3.36. The average molecular weight is 483 g/mol. The highest BCUT2D eigenvalue weighted by Gasteiger charge is 2.39. The van der Waals surface area contributed by atoms with Crippen LogP contribution in [0.1, 0.15) is 21.5 Å². The van der Waals surface area contributed by atoms with Crippen molar-refractivity contribution >= 4 is 37.3 Å². The van der Waals surface area contributed by atoms with E-state index in [0.29, 0.717) is 22.4 Å². The highest BCUT2D eigenvalue weighted by atomic mass is 35.5. The van der Waals surface area contributed by atoms with E-state index in [1.165, 1.54) is 0 Å². The number of piperazine rings is 3. The molecule has 0 spiro atoms. The SMILES string of the molecule is Cc1ccc(CSS(=O)(=O)[O-])cc1.O=C(C[N+]12CCN(CC1)CC2)c1ccc(Cl)cc1. The molecule has 0 aromatic heterocycles. The monoisotopic (exact) mass is 482 g/mol. The van der Waals surface area contributed by atoms with Crippen LogP contribution in [0, 0.1) is 6.92 Å². The molecule has 0 amide bonds. The summed E-state index contributed by atoms with van der Waals surface area (Å²) in [6.45, 7) is 9.41. The lowest BCUT2D eigenvalue weighted by molar-refractivity contribution is -0.933. The Bertz CT molecular complexity index is 973. The van der Waals surface area contributed by atoms with Crippen molar-refractivity contribution < 1.29 is 22.2 Å². The van der Waals surface area contributed by atoms with Gasteiger partial charge in [0.15, 0.2) is 0 Å². The molecular weight excluding hydrogens is 456 g/mol. The molecule has 0 aliphatic carbocycles. The minimum Gasteiger partial charge on any atom is -0.739 e. The van der Waals surface area contributed by atoms with Crippen molar-refractivity contribution in [2.45, 2.75) is 12.7 Å². The maximum Gasteiger partial charge on any atom is 0.216 e. The van der Waals surface area contributed by atoms with Gasteiger partial charge in [-0.25, -0.2) is 8.42 Å². The number of ketones is 1. The van der Waals surface area contributed by atoms with Crippen molar-refractivity contribution in [1.82, 2.24) is 4.90 Å². The predicted molar refractivity (Wildman–Crippen MR) is 124 cm³/mol. The van der Waals surface area contributed by atoms with Gasteiger partial charge in [-0.05, 0) is 47.5 Å². The molecule has 3 saturated heterocycles. The fourth-order valence-electron chi connectivity index (χ4n) is 3.82. The van der Waals surface area contributed by atoms with Crippen LogP contribution in [0.25, 0.3) is 0 Å². The molecule has 0 N–H and O–H groups in total. The summed E-state index contributed by atoms with van der Waals surface area (Å²) >= 11 is 5.85. The van der Waals surface area contributed by atoms with Gasteiger partial charge >= 0.3 is 0 Å². The van der Waals surface area contributed by atoms with Gasteiger partial charge in [-0.3, -0.25) is 9.69 Å². The van der Waals surface area contributed by atoms with Crippen molar-refractivity contribution in [1.29, 1.82) is 0 Å². The summed E-state index contributed by atoms with van der Waals surface area (Å²) in [5.41, 5.74) is 2.74. The molecule has 2 bridgehead atoms. The number of hydrogen-bond donors (Lipinski definition) is 0. The smallest absolute Gasteiger partial charge is 0.216 e. The maximum atomic E-state index is 12.3. The van der Waals surface area contributed by atoms with E-state index in [1.54, 1.807) is 12.1 Å². The number of nitrogens with zero attached hydrogens (tertiary/aromatic N) is 2. The third-order valence-electron chi connectivity index (χ3n) is 5.81. The molecule has 3 aliphatic rings. The highest BCUT2D eigenvalue weighted by Crippen LogP contribution is 2.21. The lowest BCUT2D eigenvalue weighted by Crippen LogP contribution is -2.68. The van der Waals surface area contributed by atoms with Crippen LogP contribution in [0.15, 0.2) is 48.5 Å². The second-order valence-electron chi connectivity index (χ2n) is 8.10. The van der Waals surface area contributed by atoms with Gasteiger partial charge in [-0.1, -0.05) is 41.4 Å². The summed E-state index contributed by atoms with van der Waals surface area (Å²) in [5.74, 6) is 0.466. The lowest BCUT2D eigenvalue weighted by Gasteiger charge is -2.50. The average Bonchev–Trinajstić information content (AvgIpc) is 2.75. The third-order valence-corrected chi connectivity index (χ3v) is 8.02. The molecule has 3 heterocycles. The lowest BCUT2D eigenvalue weighted by atomic mass is 10.1. The van der Waals surface area contributed by atoms with Crippen molar-refractivity contribution in [3.63, 3.8) is 0 Å². The summed E-state index contributed by atoms with van der Waals surface area (Å²) in [5, 5.41) is 0.685. The van der Waals surface area contributed by atoms with Gasteiger partial charge in [-0.15, -0.1) is 0 Å². The topological polar surface area (TPSA) is 77.5 Å². The van der Waals surface area contributed by atoms with Gasteiger partial charge in [0.1, 0.15) is 15.7 Å². The molecule has 2 aromatic carbocycles. The van der Waals surface area contributed by atoms with Gasteiger partial charge in [0.25, 0.3) is 0 Å². The molecule has 0 atom stereocenters. The Hall–Kier alpha value is -1.42. The van der Waals surface area contributed by atoms with E-state index in [0.717, 1.165) is 60.4 Å². The number of benzene rings is 2. The van der Waals surface area contributed by atoms with E-state index in [2.05, 4.69) is 4.90 Å². The summed E-state index contributed by atoms with van der Waals surface area (Å²) < 4.78 is 31.8. The Morgan fingerprint density at radius 1 is 1.03 bits per heavy atom. The minimum atomic E-state index is -4.17. The molecule has 168 valence electrons. The fourth-order valence-corrected chi connectivity index (χ4v) is 5.26. The first-order chi connectivity index (χ1) is 14.6. The Morgan fingerprint density at radius 2 is 1.58 bits per heavy atom. The van der Waals surface area contributed by atoms with Crippen LogP contribution < -0.4 is 0 Å². The number of Topliss-reactive ketones (excluding diaryl/α,β-unsaturated/α-hetero) is 1. The number of rotatable bonds is 6. The van der Waals surface area contributed by atoms with Crippen LogP contribution in [0.5, 0.6) is 0 Å². The zero-order valence-corrected chi connectivity index (χ0v) is 19.9. The largest absolute Gasteiger partial charge is 0.739 e. The third kappa shape index (κ3) is 7.59. The van der Waals surface area contributed by atoms with E-state index in [-0.39, 0.29) is 11.5 Å². The van der Waals surface area contributed by atoms with Crippen molar-refractivity contribution in [2.24, 2.45) is 0 Å². The second-order valence-corrected chi connectivity index (χ2v) is 11.8. The maximum absolute atomic E-state index is 12.3. The van der Waals surface area contributed by atoms with Crippen LogP contribution in [0.4, 0.5) is 0 Å². The summed E-state index contributed by atoms with van der Waals surface area (Å²) in [7, 11) is -3.76. The van der Waals surface area contributed by atoms with Crippen molar-refractivity contribution in [2.75, 3.05) is 45.8 Å². The Balaban J connectivity index is 0.000000187. The Kier molecular flexibility index (Phi) is 8.18. The molecule has 3 aliphatic heterocycles. The van der Waals surface area contributed by atoms with Crippen LogP contribution in [0.3, 0.4) is 0 Å². The van der Waals surface area contributed by atoms with Crippen LogP contribution in [0.2, 0.25) is 5.02 Å². The molecule has 31 heavy (non-hydrogen) atoms. The second kappa shape index (κ2) is 10.5. The highest BCUT2D eigenvalue weighted by molar-refractivity contribution is 8.69. The zero-order chi connectivity index (χ0) is 22.5. The summed E-state index contributed by atoms with van der Waals surface area (Å²) in [6.07, 6.45) is 0. The van der Waals surface area contributed by atoms with E-state index in [1.807, 2.05) is 43.3 Å². The number of quaternary nitrogens is 1. The number of carbonyl (C=O) groups is 1. The van der Waals surface area contributed by atoms with E-state index >= 15 is 0 Å². The van der Waals surface area contributed by atoms with E-state index < -0.39 is 9.15 Å². The van der Waals surface area contributed by atoms with E-state index in [4.69, 9.17) is 11.6 Å². The zero-order valence-electron chi connectivity index (χ0n) is 17.5. The first kappa shape index (κ1) is 24.2. The Labute approximate surface area is 192 Å². The molecule has 5 rings (SSSR count). The summed E-state index contributed by atoms with van der Waals surface area (Å²) in [4.78, 5) is 14.8. The van der Waals surface area contributed by atoms with Crippen LogP contribution in [-0.4, -0.2) is 74.0 Å². The van der Waals surface area contributed by atoms with Gasteiger partial charge in [0.05, 0.1) is 19.6 Å². The molecule has 3 fully saturated rings. The van der Waals surface area contributed by atoms with Crippen molar-refractivity contribution in [3.8, 4) is 0 Å². The first-order valence-corrected chi connectivity index (χ1v) is 13.5. The van der Waals surface area contributed by atoms with Gasteiger partial charge in [-0.2, -0.15) is 0 Å². The Morgan fingerprint density at radius 3 is 2.10 bits per heavy atom. The standard InChI is InChI=1S/C14H18ClN2O.C8H10O3S2/c15-13-3-1-12(2-4-13)14(18)11-17-8-5-16(6-9-17)7-10-17;1-7-2-4-8(5-3-7)6-12-13(9,10)11/h1-4H,5-11H2;2-5H,6H2,1H3,(H,9,10,11)/q+1;/p-1. The summed E-state index contributed by atoms with van der Waals surface area (Å²) in [6, 6.07) is 14.7. The number of halogens is 1. The molecule has 0 saturated carbocycles. The molecule has 2 aromatic rings. The first-order valence-electron chi connectivity index (χ1n) is 10.2. The number of fused-ring (bicyclic) bond motifs is 3. The van der Waals surface area contributed by atoms with Crippen molar-refractivity contribution in [3.05, 3.63) is 70.2 Å². The van der Waals surface area contributed by atoms with E-state index in [9.17, 15) is 17.8 Å². The van der Waals surface area contributed by atoms with Crippen LogP contribution >= 0.6 is 22.4 Å². The number of carbonyl (C=O) groups excluding carboxylic acids is 1. The quantitative estimate of drug-likeness (QED) is 0.272. The molecule has 0 unspecified atom stereocenters. The number of hydrogen-bond acceptors (Lipinski definition) is 6. The minimum absolute atomic E-state index is 0.214. The molecule has 0 radical (unpaired) electrons. The molecule has 6 nitrogen and oxygen atoms in total. The fraction of sp³-hybridized carbons (Fsp3) is 0.409. The van der Waals surface area contributed by atoms with Gasteiger partial charge < -0.3 is 9.04 Å². The van der Waals surface area contributed by atoms with Gasteiger partial charge in [0, 0.05) is 36.0 Å². The van der Waals surface area contributed by atoms with Crippen LogP contribution in [-0.2, 0) is 14.9 Å². The molecular formula is C22H27ClN2O4S2. The normalized spacial score (nSPS) is 22.5. The van der Waals surface area contributed by atoms with Gasteiger partial charge in [0.2, 0.25) is 5.78 Å². The number of aryl methyl sites for hydroxylation is 1. The molecule has 9 heteroatoms.